The minimum absolute atomic E-state index is 0.0444. The number of aryl methyl sites for hydroxylation is 3. The van der Waals surface area contributed by atoms with Gasteiger partial charge in [0, 0.05) is 73.3 Å². The van der Waals surface area contributed by atoms with Crippen LogP contribution in [0.4, 0.5) is 0 Å². The van der Waals surface area contributed by atoms with E-state index in [1.165, 1.54) is 32.9 Å². The number of carbonyl (C=O) groups is 9. The monoisotopic (exact) mass is 2000 g/mol. The van der Waals surface area contributed by atoms with Crippen LogP contribution in [0.2, 0.25) is 0 Å². The van der Waals surface area contributed by atoms with E-state index in [1.807, 2.05) is 131 Å². The van der Waals surface area contributed by atoms with Crippen LogP contribution in [0.15, 0.2) is 111 Å². The van der Waals surface area contributed by atoms with E-state index in [1.54, 1.807) is 39.9 Å². The zero-order valence-corrected chi connectivity index (χ0v) is 85.6. The maximum Gasteiger partial charge on any atom is 0.332 e. The van der Waals surface area contributed by atoms with Gasteiger partial charge in [-0.3, -0.25) is 56.8 Å². The molecule has 6 aliphatic heterocycles. The summed E-state index contributed by atoms with van der Waals surface area (Å²) in [6.07, 6.45) is 14.4. The van der Waals surface area contributed by atoms with E-state index in [0.29, 0.717) is 24.1 Å². The zero-order valence-electron chi connectivity index (χ0n) is 82.9. The first-order valence-electron chi connectivity index (χ1n) is 48.7. The van der Waals surface area contributed by atoms with Gasteiger partial charge in [0.1, 0.15) is 35.6 Å². The van der Waals surface area contributed by atoms with Gasteiger partial charge in [-0.1, -0.05) is 94.4 Å². The average molecular weight is 2000 g/mol. The maximum atomic E-state index is 14.4. The summed E-state index contributed by atoms with van der Waals surface area (Å²) >= 11 is 0. The lowest BCUT2D eigenvalue weighted by Crippen LogP contribution is -2.48. The van der Waals surface area contributed by atoms with Gasteiger partial charge in [0.05, 0.1) is 131 Å². The number of methoxy groups -OCH3 is 3. The number of carbonyl (C=O) groups excluding carboxylic acids is 9. The third-order valence-electron chi connectivity index (χ3n) is 30.2. The Balaban J connectivity index is 0.000000177. The molecule has 140 heavy (non-hydrogen) atoms. The zero-order chi connectivity index (χ0) is 102. The molecule has 3 aliphatic carbocycles. The predicted molar refractivity (Wildman–Crippen MR) is 524 cm³/mol. The number of hydrogen-bond acceptors (Lipinski definition) is 24. The van der Waals surface area contributed by atoms with Crippen molar-refractivity contribution < 1.29 is 129 Å². The second-order valence-corrected chi connectivity index (χ2v) is 49.2. The maximum absolute atomic E-state index is 14.4. The van der Waals surface area contributed by atoms with Crippen molar-refractivity contribution >= 4 is 108 Å². The Morgan fingerprint density at radius 2 is 0.721 bits per heavy atom. The smallest absolute Gasteiger partial charge is 0.332 e. The Morgan fingerprint density at radius 3 is 0.986 bits per heavy atom. The highest BCUT2D eigenvalue weighted by Gasteiger charge is 2.69. The lowest BCUT2D eigenvalue weighted by Gasteiger charge is -2.35. The lowest BCUT2D eigenvalue weighted by molar-refractivity contribution is -0.154. The lowest BCUT2D eigenvalue weighted by atomic mass is 9.77. The quantitative estimate of drug-likeness (QED) is 0.0201. The van der Waals surface area contributed by atoms with Crippen molar-refractivity contribution in [2.75, 3.05) is 60.8 Å². The van der Waals surface area contributed by atoms with Crippen molar-refractivity contribution in [3.05, 3.63) is 128 Å². The van der Waals surface area contributed by atoms with E-state index in [0.717, 1.165) is 124 Å². The van der Waals surface area contributed by atoms with Gasteiger partial charge in [-0.15, -0.1) is 19.7 Å². The van der Waals surface area contributed by atoms with Gasteiger partial charge in [0.2, 0.25) is 35.4 Å². The fourth-order valence-electron chi connectivity index (χ4n) is 21.2. The largest absolute Gasteiger partial charge is 0.496 e. The van der Waals surface area contributed by atoms with Crippen molar-refractivity contribution in [3.63, 3.8) is 0 Å². The average Bonchev–Trinajstić information content (AvgIpc) is 1.57. The van der Waals surface area contributed by atoms with Crippen molar-refractivity contribution in [1.82, 2.24) is 29.7 Å². The summed E-state index contributed by atoms with van der Waals surface area (Å²) < 4.78 is 91.0. The SMILES string of the molecule is C=CC1CC1(CC(=O)[C@@H]1C[C@@H]2CN1C(=O)[C@H](C(C)(C)C)CC(=O)OCCCCCc1cc3c(nccc3cc1OC)O2)P(=O)(O)O.C=CC1CC1(CC(=O)[C@@H]1C[C@@H]2CN1C(=O)[C@H](C(C)(C)C)CC(=O)OC[C@@H](C)CCCc1cc3c(nccc3cc1OC)O2)P(=O)(O)O.C=CC1CC1(CC(=O)[C@@H]1C[C@@H]2CN1C(=O)[C@H](C(C)(C)C)CC(=O)OC[C@H](C)CCCc1cc3c(nccc3cc1OC)O2)P(=O)(O)O. The Bertz CT molecular complexity index is 5640. The highest BCUT2D eigenvalue weighted by atomic mass is 31.2. The van der Waals surface area contributed by atoms with Crippen LogP contribution in [-0.4, -0.2) is 225 Å². The number of Topliss-reactive ketones (excluding diaryl/α,β-unsaturated/α-hetero) is 3. The van der Waals surface area contributed by atoms with Crippen LogP contribution in [0.1, 0.15) is 215 Å². The van der Waals surface area contributed by atoms with Gasteiger partial charge in [0.15, 0.2) is 17.3 Å². The molecular weight excluding hydrogens is 1860 g/mol. The molecule has 0 radical (unpaired) electrons. The number of fused-ring (bicyclic) bond motifs is 9. The van der Waals surface area contributed by atoms with E-state index in [2.05, 4.69) is 34.7 Å². The molecule has 6 fully saturated rings. The van der Waals surface area contributed by atoms with Crippen LogP contribution in [0.3, 0.4) is 0 Å². The molecule has 17 atom stereocenters. The van der Waals surface area contributed by atoms with Crippen molar-refractivity contribution in [2.24, 2.45) is 63.6 Å². The third kappa shape index (κ3) is 24.0. The van der Waals surface area contributed by atoms with Crippen LogP contribution >= 0.6 is 22.8 Å². The molecule has 9 aliphatic rings. The van der Waals surface area contributed by atoms with Crippen LogP contribution < -0.4 is 28.4 Å². The first-order chi connectivity index (χ1) is 65.8. The Morgan fingerprint density at radius 1 is 0.436 bits per heavy atom. The number of amides is 3. The number of ether oxygens (including phenoxy) is 9. The number of rotatable bonds is 18. The molecule has 3 amide bonds. The number of allylic oxidation sites excluding steroid dienone is 3. The Hall–Kier alpha value is -9.81. The Labute approximate surface area is 818 Å². The number of ketones is 3. The third-order valence-corrected chi connectivity index (χ3v) is 35.7. The molecule has 36 heteroatoms. The van der Waals surface area contributed by atoms with Gasteiger partial charge in [-0.05, 0) is 217 Å². The van der Waals surface area contributed by atoms with Crippen LogP contribution in [0, 0.1) is 63.6 Å². The standard InChI is InChI=1S/2C35H47N2O9P.C34H45N2O9P/c2*1-7-24-17-35(24,47(41,42)43)18-29(38)28-15-25-19-37(28)33(40)27(34(3,4)5)16-31(39)45-20-21(2)9-8-10-23-13-26-22(14-30(23)44-6)11-12-36-32(26)46-25;1-6-23-18-34(23,46(40,41)42)19-28(37)27-16-24-20-36(27)32(39)26(33(2,3)4)17-30(38)44-13-9-7-8-10-22-14-25-21(15-29(22)43-5)11-12-35-31(25)45-24/h2*7,11-14,21,24-25,27-28H,1,8-10,15-20H2,2-6H3,(H2,41,42,43);6,11-12,14-15,23-24,26-27H,1,7-10,13,16-20H2,2-5H3,(H2,40,41,42)/t21-,24?,25+,27+,28-,35?;21-,24?,25-,27-,28+,35?;23?,24-,26-,27+,34?/m011/s1. The molecule has 15 rings (SSSR count). The van der Waals surface area contributed by atoms with E-state index in [4.69, 9.17) is 42.6 Å². The molecule has 33 nitrogen and oxygen atoms in total. The summed E-state index contributed by atoms with van der Waals surface area (Å²) in [4.78, 5) is 204. The summed E-state index contributed by atoms with van der Waals surface area (Å²) in [7, 11) is -9.10. The van der Waals surface area contributed by atoms with Crippen LogP contribution in [0.5, 0.6) is 34.9 Å². The molecule has 6 aromatic rings. The van der Waals surface area contributed by atoms with Crippen LogP contribution in [0.25, 0.3) is 32.3 Å². The van der Waals surface area contributed by atoms with Crippen molar-refractivity contribution in [1.29, 1.82) is 0 Å². The summed E-state index contributed by atoms with van der Waals surface area (Å²) in [5.41, 5.74) is 0.999. The highest BCUT2D eigenvalue weighted by molar-refractivity contribution is 7.54. The molecule has 762 valence electrons. The summed E-state index contributed by atoms with van der Waals surface area (Å²) in [5, 5.41) is 0.356. The van der Waals surface area contributed by atoms with Gasteiger partial charge in [-0.25, -0.2) is 15.0 Å². The predicted octanol–water partition coefficient (Wildman–Crippen LogP) is 15.5. The second kappa shape index (κ2) is 43.0. The minimum atomic E-state index is -4.66. The molecule has 6 N–H and O–H groups in total. The van der Waals surface area contributed by atoms with E-state index < -0.39 is 199 Å². The van der Waals surface area contributed by atoms with E-state index in [-0.39, 0.29) is 109 Å². The molecular formula is C104H139N6O27P3. The first kappa shape index (κ1) is 107. The molecule has 3 aromatic heterocycles. The molecule has 12 bridgehead atoms. The molecule has 0 spiro atoms. The summed E-state index contributed by atoms with van der Waals surface area (Å²) in [6, 6.07) is 14.4. The Kier molecular flexibility index (Phi) is 33.0. The van der Waals surface area contributed by atoms with Gasteiger partial charge in [0.25, 0.3) is 0 Å². The minimum Gasteiger partial charge on any atom is -0.496 e. The molecule has 3 saturated heterocycles. The number of benzene rings is 3. The van der Waals surface area contributed by atoms with Gasteiger partial charge >= 0.3 is 40.7 Å². The summed E-state index contributed by atoms with van der Waals surface area (Å²) in [6.45, 7) is 32.7. The van der Waals surface area contributed by atoms with E-state index in [9.17, 15) is 86.2 Å². The molecule has 6 unspecified atom stereocenters. The number of aromatic nitrogens is 3. The highest BCUT2D eigenvalue weighted by Crippen LogP contribution is 2.73. The van der Waals surface area contributed by atoms with Crippen molar-refractivity contribution in [3.8, 4) is 34.9 Å². The fourth-order valence-corrected chi connectivity index (χ4v) is 25.2. The number of nitrogens with zero attached hydrogens (tertiary/aromatic N) is 6. The normalized spacial score (nSPS) is 28.7. The molecule has 3 saturated carbocycles. The molecule has 3 aromatic carbocycles. The number of cyclic esters (lactones) is 3. The number of esters is 3. The first-order valence-corrected chi connectivity index (χ1v) is 53.6. The molecule has 9 heterocycles. The van der Waals surface area contributed by atoms with E-state index >= 15 is 0 Å². The van der Waals surface area contributed by atoms with Crippen molar-refractivity contribution in [2.45, 2.75) is 269 Å². The fraction of sp³-hybridized carbons (Fsp3) is 0.596. The second-order valence-electron chi connectivity index (χ2n) is 43.2. The number of pyridine rings is 3. The topological polar surface area (TPSA) is 458 Å². The van der Waals surface area contributed by atoms with Crippen LogP contribution in [-0.2, 0) is 90.3 Å². The van der Waals surface area contributed by atoms with Gasteiger partial charge in [-0.2, -0.15) is 0 Å². The number of hydrogen-bond donors (Lipinski definition) is 6. The summed E-state index contributed by atoms with van der Waals surface area (Å²) in [5.74, 6) is -4.39. The van der Waals surface area contributed by atoms with Gasteiger partial charge < -0.3 is 86.7 Å².